The van der Waals surface area contributed by atoms with Crippen molar-refractivity contribution in [2.24, 2.45) is 0 Å². The summed E-state index contributed by atoms with van der Waals surface area (Å²) in [7, 11) is 2.45. The molecule has 5 rings (SSSR count). The zero-order chi connectivity index (χ0) is 37.5. The van der Waals surface area contributed by atoms with Gasteiger partial charge in [-0.25, -0.2) is 0 Å². The topological polar surface area (TPSA) is 52.6 Å². The molecule has 0 saturated carbocycles. The van der Waals surface area contributed by atoms with Gasteiger partial charge in [0.2, 0.25) is 0 Å². The summed E-state index contributed by atoms with van der Waals surface area (Å²) in [5.41, 5.74) is 5.83. The van der Waals surface area contributed by atoms with E-state index in [1.807, 2.05) is 24.3 Å². The van der Waals surface area contributed by atoms with Crippen LogP contribution in [0.5, 0.6) is 11.5 Å². The van der Waals surface area contributed by atoms with Crippen LogP contribution in [0.4, 0.5) is 0 Å². The monoisotopic (exact) mass is 859 g/mol. The van der Waals surface area contributed by atoms with Crippen molar-refractivity contribution in [3.8, 4) is 11.5 Å². The third-order valence-electron chi connectivity index (χ3n) is 10.7. The van der Waals surface area contributed by atoms with E-state index in [1.165, 1.54) is 101 Å². The fourth-order valence-electron chi connectivity index (χ4n) is 7.45. The zero-order valence-corrected chi connectivity index (χ0v) is 35.8. The number of rotatable bonds is 23. The summed E-state index contributed by atoms with van der Waals surface area (Å²) in [6, 6.07) is 27.4. The van der Waals surface area contributed by atoms with E-state index < -0.39 is 0 Å². The molecule has 0 atom stereocenters. The number of ether oxygens (including phenoxy) is 2. The van der Waals surface area contributed by atoms with Crippen molar-refractivity contribution < 1.29 is 40.5 Å². The maximum atomic E-state index is 13.9. The molecule has 0 saturated heterocycles. The van der Waals surface area contributed by atoms with Gasteiger partial charge in [-0.05, 0) is 54.5 Å². The summed E-state index contributed by atoms with van der Waals surface area (Å²) < 4.78 is 13.7. The number of nitrogens with zero attached hydrogens (tertiary/aromatic N) is 1. The minimum absolute atomic E-state index is 0. The minimum atomic E-state index is -0.224. The Hall–Kier alpha value is -3.26. The van der Waals surface area contributed by atoms with Crippen LogP contribution in [-0.2, 0) is 25.1 Å². The first kappa shape index (κ1) is 43.5. The Labute approximate surface area is 343 Å². The summed E-state index contributed by atoms with van der Waals surface area (Å²) in [6.07, 6.45) is 15.9. The van der Waals surface area contributed by atoms with Crippen LogP contribution in [0, 0.1) is 0 Å². The van der Waals surface area contributed by atoms with Crippen molar-refractivity contribution in [2.75, 3.05) is 20.1 Å². The fourth-order valence-corrected chi connectivity index (χ4v) is 7.82. The van der Waals surface area contributed by atoms with Crippen molar-refractivity contribution >= 4 is 27.5 Å². The van der Waals surface area contributed by atoms with Crippen molar-refractivity contribution in [3.05, 3.63) is 129 Å². The molecule has 4 aromatic rings. The molecule has 54 heavy (non-hydrogen) atoms. The Morgan fingerprint density at radius 2 is 0.907 bits per heavy atom. The van der Waals surface area contributed by atoms with Gasteiger partial charge >= 0.3 is 0 Å². The van der Waals surface area contributed by atoms with Gasteiger partial charge in [0.25, 0.3) is 0 Å². The van der Waals surface area contributed by atoms with Gasteiger partial charge in [0, 0.05) is 22.0 Å². The van der Waals surface area contributed by atoms with Crippen LogP contribution in [0.15, 0.2) is 84.9 Å². The SMILES string of the molecule is CCCCCCCC[N+](C)(CCCCCCCC)Cc1ccc(COc2ccc(OCc3ccc(CBr)cc3)c3c2C(=O)c2ccccc2C3=O)cc1.[Br-]. The molecule has 0 radical (unpaired) electrons. The maximum Gasteiger partial charge on any atom is 0.198 e. The highest BCUT2D eigenvalue weighted by atomic mass is 79.9. The van der Waals surface area contributed by atoms with Gasteiger partial charge in [-0.2, -0.15) is 0 Å². The highest BCUT2D eigenvalue weighted by Crippen LogP contribution is 2.39. The lowest BCUT2D eigenvalue weighted by Crippen LogP contribution is -3.00. The number of benzene rings is 4. The molecule has 0 fully saturated rings. The van der Waals surface area contributed by atoms with E-state index in [-0.39, 0.29) is 52.9 Å². The van der Waals surface area contributed by atoms with Crippen molar-refractivity contribution in [1.29, 1.82) is 0 Å². The Balaban J connectivity index is 0.00000650. The molecule has 0 unspecified atom stereocenters. The molecule has 4 aromatic carbocycles. The highest BCUT2D eigenvalue weighted by molar-refractivity contribution is 9.08. The van der Waals surface area contributed by atoms with Gasteiger partial charge in [-0.3, -0.25) is 9.59 Å². The third-order valence-corrected chi connectivity index (χ3v) is 11.3. The van der Waals surface area contributed by atoms with Crippen LogP contribution in [0.1, 0.15) is 145 Å². The minimum Gasteiger partial charge on any atom is -1.00 e. The molecule has 1 aliphatic carbocycles. The van der Waals surface area contributed by atoms with E-state index in [9.17, 15) is 9.59 Å². The molecule has 0 spiro atoms. The van der Waals surface area contributed by atoms with Crippen molar-refractivity contribution in [2.45, 2.75) is 116 Å². The lowest BCUT2D eigenvalue weighted by molar-refractivity contribution is -0.923. The first-order chi connectivity index (χ1) is 25.9. The largest absolute Gasteiger partial charge is 1.00 e. The van der Waals surface area contributed by atoms with Crippen LogP contribution < -0.4 is 26.5 Å². The molecule has 7 heteroatoms. The average molecular weight is 862 g/mol. The number of halogens is 2. The molecule has 5 nitrogen and oxygen atoms in total. The maximum absolute atomic E-state index is 13.9. The summed E-state index contributed by atoms with van der Waals surface area (Å²) in [5.74, 6) is 0.337. The van der Waals surface area contributed by atoms with E-state index in [4.69, 9.17) is 9.47 Å². The summed E-state index contributed by atoms with van der Waals surface area (Å²) >= 11 is 3.49. The number of ketones is 2. The lowest BCUT2D eigenvalue weighted by atomic mass is 9.83. The molecular weight excluding hydrogens is 802 g/mol. The standard InChI is InChI=1S/C47H59BrNO4.BrH/c1-4-6-8-10-12-16-30-49(3,31-17-13-11-9-7-5-2)33-37-22-26-39(27-23-37)35-53-43-29-28-42(52-34-38-24-20-36(32-48)21-25-38)44-45(43)47(51)41-19-15-14-18-40(41)46(44)50;/h14-15,18-29H,4-13,16-17,30-35H2,1-3H3;1H/q+1;/p-1. The average Bonchev–Trinajstić information content (AvgIpc) is 3.18. The fraction of sp³-hybridized carbons (Fsp3) is 0.447. The molecule has 1 aliphatic rings. The number of alkyl halides is 1. The summed E-state index contributed by atoms with van der Waals surface area (Å²) in [6.45, 7) is 8.59. The summed E-state index contributed by atoms with van der Waals surface area (Å²) in [4.78, 5) is 27.8. The normalized spacial score (nSPS) is 12.2. The predicted octanol–water partition coefficient (Wildman–Crippen LogP) is 9.19. The zero-order valence-electron chi connectivity index (χ0n) is 32.6. The van der Waals surface area contributed by atoms with Gasteiger partial charge in [0.15, 0.2) is 11.6 Å². The highest BCUT2D eigenvalue weighted by Gasteiger charge is 2.35. The van der Waals surface area contributed by atoms with E-state index >= 15 is 0 Å². The van der Waals surface area contributed by atoms with Crippen molar-refractivity contribution in [3.63, 3.8) is 0 Å². The van der Waals surface area contributed by atoms with E-state index in [1.54, 1.807) is 36.4 Å². The Bertz CT molecular complexity index is 1750. The van der Waals surface area contributed by atoms with Crippen LogP contribution >= 0.6 is 15.9 Å². The summed E-state index contributed by atoms with van der Waals surface area (Å²) in [5, 5.41) is 0.778. The number of fused-ring (bicyclic) bond motifs is 2. The predicted molar refractivity (Wildman–Crippen MR) is 220 cm³/mol. The second kappa shape index (κ2) is 22.3. The molecular formula is C47H59Br2NO4. The van der Waals surface area contributed by atoms with Crippen LogP contribution in [0.3, 0.4) is 0 Å². The molecule has 0 heterocycles. The van der Waals surface area contributed by atoms with Gasteiger partial charge < -0.3 is 30.9 Å². The van der Waals surface area contributed by atoms with Gasteiger partial charge in [-0.15, -0.1) is 0 Å². The van der Waals surface area contributed by atoms with Crippen LogP contribution in [0.2, 0.25) is 0 Å². The first-order valence-electron chi connectivity index (χ1n) is 20.0. The van der Waals surface area contributed by atoms with Gasteiger partial charge in [-0.1, -0.05) is 154 Å². The number of carbonyl (C=O) groups is 2. The van der Waals surface area contributed by atoms with Gasteiger partial charge in [0.05, 0.1) is 31.3 Å². The van der Waals surface area contributed by atoms with E-state index in [0.29, 0.717) is 22.6 Å². The third kappa shape index (κ3) is 12.1. The number of hydrogen-bond acceptors (Lipinski definition) is 4. The second-order valence-electron chi connectivity index (χ2n) is 15.1. The molecule has 0 aromatic heterocycles. The molecule has 0 amide bonds. The van der Waals surface area contributed by atoms with E-state index in [0.717, 1.165) is 27.5 Å². The van der Waals surface area contributed by atoms with Crippen LogP contribution in [0.25, 0.3) is 0 Å². The number of quaternary nitrogens is 1. The molecule has 0 aliphatic heterocycles. The number of carbonyl (C=O) groups excluding carboxylic acids is 2. The smallest absolute Gasteiger partial charge is 0.198 e. The van der Waals surface area contributed by atoms with Gasteiger partial charge in [0.1, 0.15) is 31.3 Å². The molecule has 290 valence electrons. The first-order valence-corrected chi connectivity index (χ1v) is 21.1. The Morgan fingerprint density at radius 1 is 0.519 bits per heavy atom. The molecule has 0 bridgehead atoms. The molecule has 0 N–H and O–H groups in total. The quantitative estimate of drug-likeness (QED) is 0.0374. The Morgan fingerprint density at radius 3 is 1.33 bits per heavy atom. The number of hydrogen-bond donors (Lipinski definition) is 0. The van der Waals surface area contributed by atoms with Crippen molar-refractivity contribution in [1.82, 2.24) is 0 Å². The number of unbranched alkanes of at least 4 members (excludes halogenated alkanes) is 10. The van der Waals surface area contributed by atoms with E-state index in [2.05, 4.69) is 61.1 Å². The Kier molecular flexibility index (Phi) is 18.0. The second-order valence-corrected chi connectivity index (χ2v) is 15.7. The van der Waals surface area contributed by atoms with Crippen LogP contribution in [-0.4, -0.2) is 36.2 Å². The lowest BCUT2D eigenvalue weighted by Gasteiger charge is -2.35.